The number of hydrogen-bond donors (Lipinski definition) is 2. The second-order valence-corrected chi connectivity index (χ2v) is 6.24. The van der Waals surface area contributed by atoms with Gasteiger partial charge in [0.15, 0.2) is 0 Å². The highest BCUT2D eigenvalue weighted by molar-refractivity contribution is 9.10. The Morgan fingerprint density at radius 3 is 2.48 bits per heavy atom. The lowest BCUT2D eigenvalue weighted by Crippen LogP contribution is -2.24. The molecule has 0 atom stereocenters. The van der Waals surface area contributed by atoms with Gasteiger partial charge in [0.2, 0.25) is 5.91 Å². The molecule has 0 spiro atoms. The highest BCUT2D eigenvalue weighted by Gasteiger charge is 2.25. The number of halogens is 1. The molecule has 1 aromatic carbocycles. The smallest absolute Gasteiger partial charge is 0.303 e. The van der Waals surface area contributed by atoms with Crippen molar-refractivity contribution in [2.75, 3.05) is 5.32 Å². The number of amides is 1. The van der Waals surface area contributed by atoms with Crippen molar-refractivity contribution in [2.45, 2.75) is 26.7 Å². The highest BCUT2D eigenvalue weighted by atomic mass is 79.9. The molecule has 0 saturated heterocycles. The van der Waals surface area contributed by atoms with E-state index in [0.717, 1.165) is 0 Å². The molecule has 0 heterocycles. The molecule has 21 heavy (non-hydrogen) atoms. The van der Waals surface area contributed by atoms with E-state index < -0.39 is 16.3 Å². The summed E-state index contributed by atoms with van der Waals surface area (Å²) in [6.07, 6.45) is -0.0850. The Morgan fingerprint density at radius 1 is 1.38 bits per heavy atom. The van der Waals surface area contributed by atoms with E-state index in [2.05, 4.69) is 21.2 Å². The molecule has 0 fully saturated rings. The van der Waals surface area contributed by atoms with E-state index in [1.165, 1.54) is 18.2 Å². The summed E-state index contributed by atoms with van der Waals surface area (Å²) in [6, 6.07) is 4.13. The van der Waals surface area contributed by atoms with E-state index in [4.69, 9.17) is 5.11 Å². The van der Waals surface area contributed by atoms with Crippen LogP contribution >= 0.6 is 15.9 Å². The molecule has 0 aromatic heterocycles. The van der Waals surface area contributed by atoms with Crippen LogP contribution in [0.2, 0.25) is 0 Å². The summed E-state index contributed by atoms with van der Waals surface area (Å²) in [5.41, 5.74) is -0.365. The quantitative estimate of drug-likeness (QED) is 0.599. The van der Waals surface area contributed by atoms with Gasteiger partial charge >= 0.3 is 5.97 Å². The highest BCUT2D eigenvalue weighted by Crippen LogP contribution is 2.29. The minimum atomic E-state index is -0.967. The number of rotatable bonds is 6. The number of carbonyl (C=O) groups excluding carboxylic acids is 1. The number of anilines is 1. The lowest BCUT2D eigenvalue weighted by Gasteiger charge is -2.21. The van der Waals surface area contributed by atoms with Crippen molar-refractivity contribution in [3.8, 4) is 0 Å². The summed E-state index contributed by atoms with van der Waals surface area (Å²) in [6.45, 7) is 3.37. The van der Waals surface area contributed by atoms with Gasteiger partial charge in [0.05, 0.1) is 15.8 Å². The number of benzene rings is 1. The summed E-state index contributed by atoms with van der Waals surface area (Å²) in [5, 5.41) is 22.0. The molecule has 7 nitrogen and oxygen atoms in total. The molecule has 1 amide bonds. The van der Waals surface area contributed by atoms with E-state index in [-0.39, 0.29) is 28.9 Å². The fourth-order valence-corrected chi connectivity index (χ4v) is 2.37. The summed E-state index contributed by atoms with van der Waals surface area (Å²) in [7, 11) is 0. The Balaban J connectivity index is 2.73. The van der Waals surface area contributed by atoms with E-state index in [1.807, 2.05) is 0 Å². The van der Waals surface area contributed by atoms with Gasteiger partial charge in [0.25, 0.3) is 5.69 Å². The topological polar surface area (TPSA) is 110 Å². The van der Waals surface area contributed by atoms with Gasteiger partial charge < -0.3 is 10.4 Å². The number of nitrogens with one attached hydrogen (secondary N) is 1. The Bertz CT molecular complexity index is 586. The lowest BCUT2D eigenvalue weighted by molar-refractivity contribution is -0.385. The van der Waals surface area contributed by atoms with Gasteiger partial charge in [-0.15, -0.1) is 0 Å². The van der Waals surface area contributed by atoms with Gasteiger partial charge in [0, 0.05) is 18.2 Å². The SMILES string of the molecule is CC(C)(CC(=O)O)CC(=O)Nc1ccc([N+](=O)[O-])c(Br)c1. The van der Waals surface area contributed by atoms with Gasteiger partial charge in [-0.1, -0.05) is 13.8 Å². The largest absolute Gasteiger partial charge is 0.481 e. The number of carboxylic acid groups (broad SMARTS) is 1. The molecule has 114 valence electrons. The number of nitro benzene ring substituents is 1. The van der Waals surface area contributed by atoms with Gasteiger partial charge in [0.1, 0.15) is 0 Å². The van der Waals surface area contributed by atoms with E-state index in [0.29, 0.717) is 5.69 Å². The van der Waals surface area contributed by atoms with Crippen molar-refractivity contribution < 1.29 is 19.6 Å². The van der Waals surface area contributed by atoms with Crippen molar-refractivity contribution in [3.05, 3.63) is 32.8 Å². The van der Waals surface area contributed by atoms with Gasteiger partial charge in [-0.05, 0) is 33.5 Å². The summed E-state index contributed by atoms with van der Waals surface area (Å²) >= 11 is 3.06. The molecule has 0 aliphatic heterocycles. The molecular weight excluding hydrogens is 344 g/mol. The Hall–Kier alpha value is -1.96. The number of hydrogen-bond acceptors (Lipinski definition) is 4. The van der Waals surface area contributed by atoms with Crippen LogP contribution in [-0.2, 0) is 9.59 Å². The number of aliphatic carboxylic acids is 1. The van der Waals surface area contributed by atoms with Crippen LogP contribution in [0, 0.1) is 15.5 Å². The van der Waals surface area contributed by atoms with Crippen molar-refractivity contribution in [2.24, 2.45) is 5.41 Å². The fourth-order valence-electron chi connectivity index (χ4n) is 1.84. The lowest BCUT2D eigenvalue weighted by atomic mass is 9.85. The van der Waals surface area contributed by atoms with Crippen LogP contribution in [0.25, 0.3) is 0 Å². The zero-order chi connectivity index (χ0) is 16.2. The van der Waals surface area contributed by atoms with Crippen LogP contribution < -0.4 is 5.32 Å². The molecule has 0 radical (unpaired) electrons. The zero-order valence-corrected chi connectivity index (χ0v) is 13.1. The average molecular weight is 359 g/mol. The molecular formula is C13H15BrN2O5. The number of nitro groups is 1. The molecule has 0 bridgehead atoms. The van der Waals surface area contributed by atoms with Crippen molar-refractivity contribution in [3.63, 3.8) is 0 Å². The van der Waals surface area contributed by atoms with E-state index in [1.54, 1.807) is 13.8 Å². The first-order valence-corrected chi connectivity index (χ1v) is 6.85. The number of carbonyl (C=O) groups is 2. The van der Waals surface area contributed by atoms with Crippen LogP contribution in [0.1, 0.15) is 26.7 Å². The molecule has 8 heteroatoms. The Morgan fingerprint density at radius 2 is 2.00 bits per heavy atom. The maximum atomic E-state index is 11.9. The predicted molar refractivity (Wildman–Crippen MR) is 80.1 cm³/mol. The standard InChI is InChI=1S/C13H15BrN2O5/c1-13(2,7-12(18)19)6-11(17)15-8-3-4-10(16(20)21)9(14)5-8/h3-5H,6-7H2,1-2H3,(H,15,17)(H,18,19). The second kappa shape index (κ2) is 6.66. The second-order valence-electron chi connectivity index (χ2n) is 5.38. The summed E-state index contributed by atoms with van der Waals surface area (Å²) in [5.74, 6) is -1.31. The minimum absolute atomic E-state index is 0.0356. The van der Waals surface area contributed by atoms with E-state index in [9.17, 15) is 19.7 Å². The summed E-state index contributed by atoms with van der Waals surface area (Å²) < 4.78 is 0.259. The van der Waals surface area contributed by atoms with Gasteiger partial charge in [-0.25, -0.2) is 0 Å². The average Bonchev–Trinajstić information content (AvgIpc) is 2.24. The number of carboxylic acids is 1. The third-order valence-electron chi connectivity index (χ3n) is 2.70. The zero-order valence-electron chi connectivity index (χ0n) is 11.6. The molecule has 0 aliphatic carbocycles. The third kappa shape index (κ3) is 5.50. The predicted octanol–water partition coefficient (Wildman–Crippen LogP) is 3.19. The first-order chi connectivity index (χ1) is 9.60. The molecule has 0 unspecified atom stereocenters. The van der Waals surface area contributed by atoms with Crippen LogP contribution in [0.15, 0.2) is 22.7 Å². The molecule has 1 aromatic rings. The van der Waals surface area contributed by atoms with Crippen molar-refractivity contribution >= 4 is 39.2 Å². The fraction of sp³-hybridized carbons (Fsp3) is 0.385. The first kappa shape index (κ1) is 17.1. The monoisotopic (exact) mass is 358 g/mol. The summed E-state index contributed by atoms with van der Waals surface area (Å²) in [4.78, 5) is 32.7. The van der Waals surface area contributed by atoms with Crippen LogP contribution in [0.3, 0.4) is 0 Å². The minimum Gasteiger partial charge on any atom is -0.481 e. The van der Waals surface area contributed by atoms with Gasteiger partial charge in [-0.2, -0.15) is 0 Å². The molecule has 0 saturated carbocycles. The van der Waals surface area contributed by atoms with Crippen molar-refractivity contribution in [1.29, 1.82) is 0 Å². The maximum absolute atomic E-state index is 11.9. The third-order valence-corrected chi connectivity index (χ3v) is 3.33. The first-order valence-electron chi connectivity index (χ1n) is 6.06. The van der Waals surface area contributed by atoms with Crippen LogP contribution in [0.4, 0.5) is 11.4 Å². The van der Waals surface area contributed by atoms with Gasteiger partial charge in [-0.3, -0.25) is 19.7 Å². The van der Waals surface area contributed by atoms with E-state index >= 15 is 0 Å². The molecule has 1 rings (SSSR count). The van der Waals surface area contributed by atoms with Crippen LogP contribution in [0.5, 0.6) is 0 Å². The number of nitrogens with zero attached hydrogens (tertiary/aromatic N) is 1. The Labute approximate surface area is 129 Å². The van der Waals surface area contributed by atoms with Crippen molar-refractivity contribution in [1.82, 2.24) is 0 Å². The normalized spacial score (nSPS) is 11.0. The molecule has 0 aliphatic rings. The maximum Gasteiger partial charge on any atom is 0.303 e. The Kier molecular flexibility index (Phi) is 5.42. The van der Waals surface area contributed by atoms with Crippen LogP contribution in [-0.4, -0.2) is 21.9 Å². The molecule has 2 N–H and O–H groups in total.